The SMILES string of the molecule is CCn1c2ccc(/C=N\OC(C)=O)cc2c2cc(C(=O)c3ccccc3C)ccc21. The summed E-state index contributed by atoms with van der Waals surface area (Å²) in [5.74, 6) is -0.450. The Morgan fingerprint density at radius 2 is 1.70 bits per heavy atom. The number of ketones is 1. The number of fused-ring (bicyclic) bond motifs is 3. The highest BCUT2D eigenvalue weighted by molar-refractivity contribution is 6.15. The number of hydrogen-bond donors (Lipinski definition) is 0. The van der Waals surface area contributed by atoms with E-state index in [-0.39, 0.29) is 5.78 Å². The lowest BCUT2D eigenvalue weighted by molar-refractivity contribution is -0.140. The quantitative estimate of drug-likeness (QED) is 0.200. The molecular formula is C25H22N2O3. The number of oxime groups is 1. The van der Waals surface area contributed by atoms with Gasteiger partial charge in [-0.15, -0.1) is 0 Å². The van der Waals surface area contributed by atoms with Crippen LogP contribution in [0.1, 0.15) is 40.9 Å². The van der Waals surface area contributed by atoms with E-state index in [9.17, 15) is 9.59 Å². The van der Waals surface area contributed by atoms with Gasteiger partial charge in [-0.1, -0.05) is 35.5 Å². The van der Waals surface area contributed by atoms with Crippen LogP contribution in [0, 0.1) is 6.92 Å². The first-order valence-electron chi connectivity index (χ1n) is 9.87. The summed E-state index contributed by atoms with van der Waals surface area (Å²) in [6.07, 6.45) is 1.51. The van der Waals surface area contributed by atoms with Crippen LogP contribution >= 0.6 is 0 Å². The topological polar surface area (TPSA) is 60.7 Å². The van der Waals surface area contributed by atoms with Crippen LogP contribution in [0.4, 0.5) is 0 Å². The van der Waals surface area contributed by atoms with E-state index >= 15 is 0 Å². The predicted octanol–water partition coefficient (Wildman–Crippen LogP) is 5.25. The van der Waals surface area contributed by atoms with Crippen LogP contribution in [0.3, 0.4) is 0 Å². The van der Waals surface area contributed by atoms with Gasteiger partial charge in [0.2, 0.25) is 0 Å². The minimum Gasteiger partial charge on any atom is -0.341 e. The van der Waals surface area contributed by atoms with Crippen molar-refractivity contribution in [3.63, 3.8) is 0 Å². The largest absolute Gasteiger partial charge is 0.341 e. The van der Waals surface area contributed by atoms with E-state index in [2.05, 4.69) is 21.5 Å². The number of carbonyl (C=O) groups excluding carboxylic acids is 2. The molecule has 0 fully saturated rings. The summed E-state index contributed by atoms with van der Waals surface area (Å²) < 4.78 is 2.22. The molecule has 5 heteroatoms. The van der Waals surface area contributed by atoms with Crippen molar-refractivity contribution in [3.05, 3.63) is 82.9 Å². The fourth-order valence-electron chi connectivity index (χ4n) is 3.83. The van der Waals surface area contributed by atoms with Gasteiger partial charge in [0.25, 0.3) is 0 Å². The summed E-state index contributed by atoms with van der Waals surface area (Å²) in [7, 11) is 0. The molecule has 0 aliphatic heterocycles. The highest BCUT2D eigenvalue weighted by atomic mass is 16.7. The van der Waals surface area contributed by atoms with Gasteiger partial charge in [-0.2, -0.15) is 0 Å². The van der Waals surface area contributed by atoms with Crippen molar-refractivity contribution in [2.24, 2.45) is 5.16 Å². The van der Waals surface area contributed by atoms with E-state index in [0.717, 1.165) is 39.5 Å². The minimum atomic E-state index is -0.464. The van der Waals surface area contributed by atoms with Gasteiger partial charge in [0.1, 0.15) is 0 Å². The number of hydrogen-bond acceptors (Lipinski definition) is 4. The third-order valence-corrected chi connectivity index (χ3v) is 5.24. The zero-order valence-corrected chi connectivity index (χ0v) is 17.2. The molecule has 0 aliphatic rings. The fourth-order valence-corrected chi connectivity index (χ4v) is 3.83. The fraction of sp³-hybridized carbons (Fsp3) is 0.160. The first kappa shape index (κ1) is 19.6. The lowest BCUT2D eigenvalue weighted by atomic mass is 9.98. The molecule has 0 atom stereocenters. The molecule has 1 aromatic heterocycles. The van der Waals surface area contributed by atoms with E-state index in [0.29, 0.717) is 11.1 Å². The summed E-state index contributed by atoms with van der Waals surface area (Å²) in [5, 5.41) is 5.75. The third kappa shape index (κ3) is 3.50. The van der Waals surface area contributed by atoms with Crippen LogP contribution in [0.2, 0.25) is 0 Å². The standard InChI is InChI=1S/C25H22N2O3/c1-4-27-23-11-9-18(15-26-30-17(3)28)13-21(23)22-14-19(10-12-24(22)27)25(29)20-8-6-5-7-16(20)2/h5-15H,4H2,1-3H3/b26-15-. The van der Waals surface area contributed by atoms with Crippen LogP contribution < -0.4 is 0 Å². The molecule has 150 valence electrons. The maximum absolute atomic E-state index is 13.1. The molecule has 0 saturated heterocycles. The summed E-state index contributed by atoms with van der Waals surface area (Å²) >= 11 is 0. The van der Waals surface area contributed by atoms with Gasteiger partial charge in [-0.3, -0.25) is 4.79 Å². The number of nitrogens with zero attached hydrogens (tertiary/aromatic N) is 2. The average Bonchev–Trinajstić information content (AvgIpc) is 3.05. The molecule has 3 aromatic carbocycles. The zero-order chi connectivity index (χ0) is 21.3. The van der Waals surface area contributed by atoms with Gasteiger partial charge in [-0.25, -0.2) is 4.79 Å². The van der Waals surface area contributed by atoms with Crippen molar-refractivity contribution in [1.29, 1.82) is 0 Å². The molecule has 0 amide bonds. The smallest absolute Gasteiger partial charge is 0.331 e. The van der Waals surface area contributed by atoms with Crippen molar-refractivity contribution in [1.82, 2.24) is 4.57 Å². The molecule has 30 heavy (non-hydrogen) atoms. The maximum Gasteiger partial charge on any atom is 0.331 e. The Labute approximate surface area is 174 Å². The van der Waals surface area contributed by atoms with E-state index in [1.807, 2.05) is 67.6 Å². The molecule has 0 unspecified atom stereocenters. The highest BCUT2D eigenvalue weighted by Crippen LogP contribution is 2.31. The average molecular weight is 398 g/mol. The number of rotatable bonds is 5. The molecule has 0 N–H and O–H groups in total. The molecule has 4 aromatic rings. The Kier molecular flexibility index (Phi) is 5.19. The Balaban J connectivity index is 1.86. The number of benzene rings is 3. The maximum atomic E-state index is 13.1. The lowest BCUT2D eigenvalue weighted by Gasteiger charge is -2.06. The minimum absolute atomic E-state index is 0.0139. The van der Waals surface area contributed by atoms with Gasteiger partial charge in [0, 0.05) is 46.4 Å². The van der Waals surface area contributed by atoms with Gasteiger partial charge in [-0.05, 0) is 55.3 Å². The zero-order valence-electron chi connectivity index (χ0n) is 17.2. The van der Waals surface area contributed by atoms with Crippen LogP contribution in [-0.4, -0.2) is 22.5 Å². The second-order valence-corrected chi connectivity index (χ2v) is 7.21. The molecular weight excluding hydrogens is 376 g/mol. The van der Waals surface area contributed by atoms with Crippen molar-refractivity contribution in [2.75, 3.05) is 0 Å². The lowest BCUT2D eigenvalue weighted by Crippen LogP contribution is -2.03. The Bertz CT molecular complexity index is 1310. The summed E-state index contributed by atoms with van der Waals surface area (Å²) in [6, 6.07) is 19.5. The third-order valence-electron chi connectivity index (χ3n) is 5.24. The molecule has 5 nitrogen and oxygen atoms in total. The van der Waals surface area contributed by atoms with Crippen molar-refractivity contribution >= 4 is 39.8 Å². The summed E-state index contributed by atoms with van der Waals surface area (Å²) in [5.41, 5.74) is 5.30. The van der Waals surface area contributed by atoms with Crippen molar-refractivity contribution in [2.45, 2.75) is 27.3 Å². The Morgan fingerprint density at radius 1 is 1.00 bits per heavy atom. The van der Waals surface area contributed by atoms with E-state index < -0.39 is 5.97 Å². The van der Waals surface area contributed by atoms with Crippen LogP contribution in [-0.2, 0) is 16.2 Å². The van der Waals surface area contributed by atoms with E-state index in [1.165, 1.54) is 13.1 Å². The Morgan fingerprint density at radius 3 is 2.40 bits per heavy atom. The van der Waals surface area contributed by atoms with E-state index in [1.54, 1.807) is 0 Å². The first-order valence-corrected chi connectivity index (χ1v) is 9.87. The molecule has 0 saturated carbocycles. The van der Waals surface area contributed by atoms with Crippen molar-refractivity contribution in [3.8, 4) is 0 Å². The van der Waals surface area contributed by atoms with Crippen LogP contribution in [0.15, 0.2) is 65.8 Å². The van der Waals surface area contributed by atoms with Gasteiger partial charge >= 0.3 is 5.97 Å². The number of aromatic nitrogens is 1. The normalized spacial score (nSPS) is 11.4. The van der Waals surface area contributed by atoms with Crippen LogP contribution in [0.5, 0.6) is 0 Å². The molecule has 4 rings (SSSR count). The van der Waals surface area contributed by atoms with E-state index in [4.69, 9.17) is 0 Å². The second-order valence-electron chi connectivity index (χ2n) is 7.21. The number of carbonyl (C=O) groups is 2. The molecule has 0 aliphatic carbocycles. The van der Waals surface area contributed by atoms with Gasteiger partial charge < -0.3 is 9.40 Å². The molecule has 1 heterocycles. The molecule has 0 radical (unpaired) electrons. The summed E-state index contributed by atoms with van der Waals surface area (Å²) in [4.78, 5) is 28.7. The Hall–Kier alpha value is -3.73. The highest BCUT2D eigenvalue weighted by Gasteiger charge is 2.15. The first-order chi connectivity index (χ1) is 14.5. The van der Waals surface area contributed by atoms with Crippen LogP contribution in [0.25, 0.3) is 21.8 Å². The van der Waals surface area contributed by atoms with Gasteiger partial charge in [0.15, 0.2) is 5.78 Å². The number of aryl methyl sites for hydroxylation is 2. The monoisotopic (exact) mass is 398 g/mol. The van der Waals surface area contributed by atoms with Gasteiger partial charge in [0.05, 0.1) is 6.21 Å². The predicted molar refractivity (Wildman–Crippen MR) is 119 cm³/mol. The van der Waals surface area contributed by atoms with Crippen molar-refractivity contribution < 1.29 is 14.4 Å². The molecule has 0 bridgehead atoms. The second kappa shape index (κ2) is 7.95. The summed E-state index contributed by atoms with van der Waals surface area (Å²) in [6.45, 7) is 6.17. The molecule has 0 spiro atoms.